The molecule has 0 amide bonds. The van der Waals surface area contributed by atoms with Gasteiger partial charge in [-0.3, -0.25) is 17.2 Å². The molecule has 0 saturated carbocycles. The van der Waals surface area contributed by atoms with Gasteiger partial charge in [0.05, 0.1) is 85.0 Å². The van der Waals surface area contributed by atoms with Crippen LogP contribution in [0.1, 0.15) is 28.7 Å². The highest BCUT2D eigenvalue weighted by Gasteiger charge is 2.32. The molecule has 0 atom stereocenters. The number of para-hydroxylation sites is 2. The van der Waals surface area contributed by atoms with E-state index in [9.17, 15) is 54.9 Å². The van der Waals surface area contributed by atoms with Gasteiger partial charge in [-0.25, -0.2) is 54.9 Å². The molecule has 674 valence electrons. The lowest BCUT2D eigenvalue weighted by Crippen LogP contribution is -2.35. The van der Waals surface area contributed by atoms with Gasteiger partial charge < -0.3 is 14.2 Å². The third-order valence-electron chi connectivity index (χ3n) is 17.2. The number of hydrogen-bond donors (Lipinski definition) is 0. The number of carbonyl (C=O) groups excluding carboxylic acids is 12. The monoisotopic (exact) mass is 1900 g/mol. The summed E-state index contributed by atoms with van der Waals surface area (Å²) in [6.45, 7) is 0.951. The van der Waals surface area contributed by atoms with Crippen LogP contribution in [0.15, 0.2) is 351 Å². The fraction of sp³-hybridized carbons (Fsp3) is 0.133. The molecule has 0 radical (unpaired) electrons. The zero-order valence-electron chi connectivity index (χ0n) is 69.1. The average molecular weight is 1900 g/mol. The van der Waals surface area contributed by atoms with Gasteiger partial charge in [-0.2, -0.15) is 57.5 Å². The van der Waals surface area contributed by atoms with Crippen LogP contribution in [0.5, 0.6) is 17.2 Å². The number of fused-ring (bicyclic) bond motifs is 2. The SMILES string of the molecule is COc1ccc(CS(=O)(=O)c2ccccc2)cc1.COc1ccc(N(C)S(=O)(=O)c2ccccc2)cc1.COc1cccc(N(C)S(=O)(=O)c2ccccc2)c1.O=C=O.O=C=O.O=C=O.O=C=O.O=C=O.O=C=O.O=S(=O)(Cc1cccc(Cl)c1)c1ccccc1.O=S(=O)(c1cccc(F)c1)N1CCCc2ccccc21.O=S(=O)(c1ccccc1)N1CCc2ccccc21. The van der Waals surface area contributed by atoms with E-state index in [1.807, 2.05) is 48.5 Å². The fourth-order valence-corrected chi connectivity index (χ4v) is 19.8. The Kier molecular flexibility index (Phi) is 47.5. The lowest BCUT2D eigenvalue weighted by molar-refractivity contribution is -0.193. The van der Waals surface area contributed by atoms with Gasteiger partial charge in [0.2, 0.25) is 0 Å². The molecule has 12 aromatic rings. The Bertz CT molecular complexity index is 6360. The summed E-state index contributed by atoms with van der Waals surface area (Å²) < 4.78 is 182. The van der Waals surface area contributed by atoms with Gasteiger partial charge in [0, 0.05) is 38.3 Å². The molecule has 0 N–H and O–H groups in total. The number of anilines is 4. The van der Waals surface area contributed by atoms with Crippen LogP contribution in [0, 0.1) is 5.82 Å². The van der Waals surface area contributed by atoms with Gasteiger partial charge >= 0.3 is 36.9 Å². The van der Waals surface area contributed by atoms with Crippen molar-refractivity contribution in [2.75, 3.05) is 65.7 Å². The number of nitrogens with zero attached hydrogens (tertiary/aromatic N) is 4. The van der Waals surface area contributed by atoms with Crippen molar-refractivity contribution in [2.45, 2.75) is 60.1 Å². The quantitative estimate of drug-likeness (QED) is 0.0725. The van der Waals surface area contributed by atoms with Crippen molar-refractivity contribution in [1.29, 1.82) is 0 Å². The molecule has 0 fully saturated rings. The van der Waals surface area contributed by atoms with Gasteiger partial charge in [0.25, 0.3) is 40.1 Å². The lowest BCUT2D eigenvalue weighted by atomic mass is 10.0. The Balaban J connectivity index is 0.000000384. The summed E-state index contributed by atoms with van der Waals surface area (Å²) in [5.74, 6) is 1.45. The van der Waals surface area contributed by atoms with E-state index < -0.39 is 65.6 Å². The van der Waals surface area contributed by atoms with E-state index >= 15 is 0 Å². The molecular formula is C90H82ClFN4O27S6. The first-order valence-electron chi connectivity index (χ1n) is 36.8. The molecule has 14 rings (SSSR count). The molecule has 12 aromatic carbocycles. The fourth-order valence-electron chi connectivity index (χ4n) is 11.4. The number of hydrogen-bond acceptors (Lipinski definition) is 27. The minimum absolute atomic E-state index is 0.001000. The Morgan fingerprint density at radius 1 is 0.318 bits per heavy atom. The van der Waals surface area contributed by atoms with Crippen LogP contribution in [-0.4, -0.2) is 136 Å². The standard InChI is InChI=1S/C15H14FNO2S.2C14H15NO3S.C14H13NO2S.C14H14O3S.C13H11ClO2S.6CO2/c16-13-7-3-8-14(11-13)20(18,19)17-10-4-6-12-5-1-2-9-15(12)17;1-15(12-7-6-8-13(11-12)18-2)19(16,17)14-9-4-3-5-10-14;1-15(12-8-10-13(18-2)11-9-12)19(16,17)14-6-4-3-5-7-14;16-18(17,13-7-2-1-3-8-13)15-11-10-12-6-4-5-9-14(12)15;1-17-13-9-7-12(8-10-13)11-18(15,16)14-5-3-2-4-6-14;14-12-6-4-5-11(9-12)10-17(15,16)13-7-2-1-3-8-13;6*2-1-3/h1-3,5,7-9,11H,4,6,10H2;2*3-11H,1-2H3;1-9H,10-11H2;2-10H,11H2,1H3;1-9H,10H2;;;;;;. The van der Waals surface area contributed by atoms with Gasteiger partial charge in [-0.15, -0.1) is 0 Å². The molecule has 0 unspecified atom stereocenters. The van der Waals surface area contributed by atoms with Crippen LogP contribution in [0.25, 0.3) is 0 Å². The molecule has 2 aliphatic heterocycles. The van der Waals surface area contributed by atoms with E-state index in [4.69, 9.17) is 83.3 Å². The van der Waals surface area contributed by atoms with Crippen LogP contribution in [0.2, 0.25) is 5.02 Å². The molecule has 0 aliphatic carbocycles. The average Bonchev–Trinajstić information content (AvgIpc) is 0.852. The third kappa shape index (κ3) is 35.1. The number of rotatable bonds is 19. The highest BCUT2D eigenvalue weighted by Crippen LogP contribution is 2.35. The molecular weight excluding hydrogens is 1820 g/mol. The first-order valence-corrected chi connectivity index (χ1v) is 46.3. The van der Waals surface area contributed by atoms with Crippen LogP contribution < -0.4 is 31.4 Å². The van der Waals surface area contributed by atoms with Crippen molar-refractivity contribution in [3.05, 3.63) is 355 Å². The van der Waals surface area contributed by atoms with Crippen molar-refractivity contribution in [3.63, 3.8) is 0 Å². The number of ether oxygens (including phenoxy) is 3. The van der Waals surface area contributed by atoms with Gasteiger partial charge in [0.15, 0.2) is 19.7 Å². The number of benzene rings is 12. The van der Waals surface area contributed by atoms with E-state index in [0.717, 1.165) is 53.5 Å². The van der Waals surface area contributed by atoms with Gasteiger partial charge in [-0.05, 0) is 193 Å². The molecule has 0 bridgehead atoms. The lowest BCUT2D eigenvalue weighted by Gasteiger charge is -2.30. The molecule has 129 heavy (non-hydrogen) atoms. The predicted octanol–water partition coefficient (Wildman–Crippen LogP) is 12.9. The second-order valence-corrected chi connectivity index (χ2v) is 37.2. The minimum atomic E-state index is -3.70. The van der Waals surface area contributed by atoms with Gasteiger partial charge in [-0.1, -0.05) is 175 Å². The van der Waals surface area contributed by atoms with Crippen LogP contribution in [-0.2, 0) is 142 Å². The number of sulfonamides is 4. The zero-order valence-corrected chi connectivity index (χ0v) is 74.7. The molecule has 0 saturated heterocycles. The van der Waals surface area contributed by atoms with Crippen LogP contribution >= 0.6 is 11.6 Å². The summed E-state index contributed by atoms with van der Waals surface area (Å²) in [7, 11) is -13.0. The Morgan fingerprint density at radius 2 is 0.651 bits per heavy atom. The smallest absolute Gasteiger partial charge is 0.373 e. The Labute approximate surface area is 750 Å². The largest absolute Gasteiger partial charge is 0.497 e. The van der Waals surface area contributed by atoms with E-state index in [1.54, 1.807) is 270 Å². The number of halogens is 2. The van der Waals surface area contributed by atoms with Gasteiger partial charge in [0.1, 0.15) is 23.1 Å². The van der Waals surface area contributed by atoms with E-state index in [2.05, 4.69) is 0 Å². The van der Waals surface area contributed by atoms with Crippen molar-refractivity contribution in [2.24, 2.45) is 0 Å². The summed E-state index contributed by atoms with van der Waals surface area (Å²) in [6, 6.07) is 90.1. The number of methoxy groups -OCH3 is 3. The zero-order chi connectivity index (χ0) is 96.1. The van der Waals surface area contributed by atoms with Crippen LogP contribution in [0.3, 0.4) is 0 Å². The van der Waals surface area contributed by atoms with E-state index in [-0.39, 0.29) is 63.1 Å². The maximum atomic E-state index is 13.3. The molecule has 2 aliphatic rings. The summed E-state index contributed by atoms with van der Waals surface area (Å²) in [6.07, 6.45) is 3.92. The maximum Gasteiger partial charge on any atom is 0.373 e. The summed E-state index contributed by atoms with van der Waals surface area (Å²) in [5.41, 5.74) is 6.20. The van der Waals surface area contributed by atoms with Crippen molar-refractivity contribution in [1.82, 2.24) is 0 Å². The van der Waals surface area contributed by atoms with E-state index in [1.165, 1.54) is 49.5 Å². The molecule has 31 nitrogen and oxygen atoms in total. The normalized spacial score (nSPS) is 11.0. The summed E-state index contributed by atoms with van der Waals surface area (Å²) in [4.78, 5) is 99.1. The Morgan fingerprint density at radius 3 is 1.06 bits per heavy atom. The third-order valence-corrected chi connectivity index (χ3v) is 28.1. The number of aryl methyl sites for hydroxylation is 1. The number of sulfone groups is 2. The second-order valence-electron chi connectivity index (χ2n) is 25.1. The van der Waals surface area contributed by atoms with Crippen molar-refractivity contribution >= 4 is 131 Å². The molecule has 0 spiro atoms. The first kappa shape index (κ1) is 109. The molecule has 0 aromatic heterocycles. The first-order chi connectivity index (χ1) is 61.6. The topological polar surface area (TPSA) is 450 Å². The molecule has 2 heterocycles. The van der Waals surface area contributed by atoms with Crippen LogP contribution in [0.4, 0.5) is 27.1 Å². The predicted molar refractivity (Wildman–Crippen MR) is 466 cm³/mol. The van der Waals surface area contributed by atoms with Crippen molar-refractivity contribution < 1.29 is 127 Å². The highest BCUT2D eigenvalue weighted by molar-refractivity contribution is 7.94. The maximum absolute atomic E-state index is 13.3. The summed E-state index contributed by atoms with van der Waals surface area (Å²) >= 11 is 5.82. The van der Waals surface area contributed by atoms with Crippen molar-refractivity contribution in [3.8, 4) is 17.2 Å². The van der Waals surface area contributed by atoms with E-state index in [0.29, 0.717) is 66.9 Å². The molecule has 39 heteroatoms. The summed E-state index contributed by atoms with van der Waals surface area (Å²) in [5, 5.41) is 0.547. The second kappa shape index (κ2) is 56.4. The minimum Gasteiger partial charge on any atom is -0.497 e. The highest BCUT2D eigenvalue weighted by atomic mass is 35.5. The Hall–Kier alpha value is -14.6.